The largest absolute Gasteiger partial charge is 0.462 e. The quantitative estimate of drug-likeness (QED) is 0.129. The number of aromatic nitrogens is 3. The Bertz CT molecular complexity index is 1950. The van der Waals surface area contributed by atoms with E-state index in [1.54, 1.807) is 114 Å². The molecule has 1 aliphatic rings. The minimum atomic E-state index is -0.835. The molecule has 3 amide bonds. The Balaban J connectivity index is 1.79. The van der Waals surface area contributed by atoms with Gasteiger partial charge in [0.2, 0.25) is 0 Å². The highest BCUT2D eigenvalue weighted by Gasteiger charge is 2.30. The number of benzene rings is 1. The zero-order valence-electron chi connectivity index (χ0n) is 33.3. The summed E-state index contributed by atoms with van der Waals surface area (Å²) < 4.78 is 23.1. The van der Waals surface area contributed by atoms with Gasteiger partial charge in [-0.3, -0.25) is 4.79 Å². The summed E-state index contributed by atoms with van der Waals surface area (Å²) >= 11 is 0. The number of carbonyl (C=O) groups is 5. The van der Waals surface area contributed by atoms with E-state index in [0.29, 0.717) is 50.6 Å². The van der Waals surface area contributed by atoms with Crippen molar-refractivity contribution in [2.24, 2.45) is 0 Å². The van der Waals surface area contributed by atoms with E-state index in [2.05, 4.69) is 15.4 Å². The molecule has 0 saturated heterocycles. The fourth-order valence-corrected chi connectivity index (χ4v) is 5.36. The van der Waals surface area contributed by atoms with Gasteiger partial charge in [0.15, 0.2) is 0 Å². The van der Waals surface area contributed by atoms with Gasteiger partial charge in [0.1, 0.15) is 16.8 Å². The van der Waals surface area contributed by atoms with Gasteiger partial charge in [0, 0.05) is 48.8 Å². The zero-order chi connectivity index (χ0) is 40.3. The second-order valence-electron chi connectivity index (χ2n) is 16.0. The van der Waals surface area contributed by atoms with Gasteiger partial charge in [-0.25, -0.2) is 19.2 Å². The molecule has 1 aromatic carbocycles. The van der Waals surface area contributed by atoms with Crippen LogP contribution in [0.15, 0.2) is 30.5 Å². The van der Waals surface area contributed by atoms with Crippen LogP contribution in [0.4, 0.5) is 20.1 Å². The highest BCUT2D eigenvalue weighted by atomic mass is 16.6. The number of aromatic amines is 1. The molecule has 0 radical (unpaired) electrons. The van der Waals surface area contributed by atoms with Gasteiger partial charge < -0.3 is 39.0 Å². The predicted octanol–water partition coefficient (Wildman–Crippen LogP) is 7.24. The lowest BCUT2D eigenvalue weighted by Crippen LogP contribution is -2.43. The summed E-state index contributed by atoms with van der Waals surface area (Å²) in [5.41, 5.74) is 1.78. The zero-order valence-corrected chi connectivity index (χ0v) is 33.3. The Hall–Kier alpha value is -5.60. The van der Waals surface area contributed by atoms with Gasteiger partial charge in [0.25, 0.3) is 5.91 Å². The molecule has 0 fully saturated rings. The fourth-order valence-electron chi connectivity index (χ4n) is 5.36. The van der Waals surface area contributed by atoms with Crippen LogP contribution in [0.5, 0.6) is 0 Å². The Labute approximate surface area is 315 Å². The molecule has 2 N–H and O–H groups in total. The molecule has 15 heteroatoms. The van der Waals surface area contributed by atoms with Crippen molar-refractivity contribution in [3.63, 3.8) is 0 Å². The maximum atomic E-state index is 13.6. The second-order valence-corrected chi connectivity index (χ2v) is 16.0. The first kappa shape index (κ1) is 41.2. The fraction of sp³-hybridized carbons (Fsp3) is 0.487. The van der Waals surface area contributed by atoms with Crippen LogP contribution in [0.2, 0.25) is 0 Å². The number of aryl methyl sites for hydroxylation is 1. The van der Waals surface area contributed by atoms with Crippen LogP contribution in [-0.2, 0) is 30.3 Å². The second kappa shape index (κ2) is 15.8. The molecule has 0 atom stereocenters. The molecule has 292 valence electrons. The van der Waals surface area contributed by atoms with E-state index in [9.17, 15) is 24.0 Å². The lowest BCUT2D eigenvalue weighted by Gasteiger charge is -2.29. The number of carbonyl (C=O) groups excluding carboxylic acids is 5. The first-order chi connectivity index (χ1) is 24.9. The molecule has 0 spiro atoms. The molecule has 0 saturated carbocycles. The third kappa shape index (κ3) is 10.7. The number of ether oxygens (including phenoxy) is 4. The Morgan fingerprint density at radius 3 is 2.11 bits per heavy atom. The Kier molecular flexibility index (Phi) is 12.0. The van der Waals surface area contributed by atoms with Gasteiger partial charge in [-0.1, -0.05) is 6.07 Å². The highest BCUT2D eigenvalue weighted by molar-refractivity contribution is 6.35. The molecule has 15 nitrogen and oxygen atoms in total. The van der Waals surface area contributed by atoms with Crippen molar-refractivity contribution >= 4 is 47.5 Å². The number of nitrogens with one attached hydrogen (secondary N) is 2. The monoisotopic (exact) mass is 748 g/mol. The summed E-state index contributed by atoms with van der Waals surface area (Å²) in [5, 5.41) is 7.45. The minimum Gasteiger partial charge on any atom is -0.462 e. The number of esters is 1. The molecule has 54 heavy (non-hydrogen) atoms. The van der Waals surface area contributed by atoms with Gasteiger partial charge in [-0.15, -0.1) is 0 Å². The number of anilines is 1. The first-order valence-corrected chi connectivity index (χ1v) is 17.7. The molecule has 2 aromatic heterocycles. The number of nitrogens with zero attached hydrogens (tertiary/aromatic N) is 4. The average Bonchev–Trinajstić information content (AvgIpc) is 3.71. The van der Waals surface area contributed by atoms with Crippen LogP contribution in [-0.4, -0.2) is 98.3 Å². The molecule has 3 aromatic rings. The number of hydrogen-bond acceptors (Lipinski definition) is 10. The number of rotatable bonds is 9. The standard InChI is InChI=1S/C39H52N6O9/c1-13-51-33(47)27-18-23(2)40-30(27)20-26-25-19-24(14-15-29(25)41-32(26)46)28-21-45(36(50)54-39(9,10)11)42-31(28)22-44(35(49)53-38(6,7)8)17-16-43(12)34(48)52-37(3,4)5/h14-15,18-21,40H,13,16-17,22H2,1-12H3,(H,41,46)/b26-20-. The van der Waals surface area contributed by atoms with Crippen molar-refractivity contribution in [3.05, 3.63) is 58.7 Å². The van der Waals surface area contributed by atoms with Gasteiger partial charge in [0.05, 0.1) is 35.7 Å². The van der Waals surface area contributed by atoms with Crippen LogP contribution >= 0.6 is 0 Å². The Morgan fingerprint density at radius 2 is 1.50 bits per heavy atom. The van der Waals surface area contributed by atoms with Crippen LogP contribution in [0.25, 0.3) is 22.8 Å². The van der Waals surface area contributed by atoms with Crippen molar-refractivity contribution < 1.29 is 42.9 Å². The molecule has 1 aliphatic heterocycles. The number of amides is 3. The summed E-state index contributed by atoms with van der Waals surface area (Å²) in [6.07, 6.45) is 1.14. The maximum absolute atomic E-state index is 13.6. The van der Waals surface area contributed by atoms with Gasteiger partial charge in [-0.2, -0.15) is 9.78 Å². The first-order valence-electron chi connectivity index (χ1n) is 17.7. The predicted molar refractivity (Wildman–Crippen MR) is 203 cm³/mol. The lowest BCUT2D eigenvalue weighted by atomic mass is 9.98. The van der Waals surface area contributed by atoms with E-state index in [0.717, 1.165) is 4.68 Å². The SMILES string of the molecule is CCOC(=O)c1cc(C)[nH]c1/C=C1\C(=O)Nc2ccc(-c3cn(C(=O)OC(C)(C)C)nc3CN(CCN(C)C(=O)OC(C)(C)C)C(=O)OC(C)(C)C)cc21. The average molecular weight is 749 g/mol. The van der Waals surface area contributed by atoms with Crippen molar-refractivity contribution in [1.82, 2.24) is 24.6 Å². The van der Waals surface area contributed by atoms with E-state index < -0.39 is 41.1 Å². The van der Waals surface area contributed by atoms with Crippen molar-refractivity contribution in [3.8, 4) is 11.1 Å². The van der Waals surface area contributed by atoms with E-state index in [4.69, 9.17) is 18.9 Å². The molecule has 3 heterocycles. The van der Waals surface area contributed by atoms with Crippen molar-refractivity contribution in [2.75, 3.05) is 32.1 Å². The summed E-state index contributed by atoms with van der Waals surface area (Å²) in [7, 11) is 1.57. The summed E-state index contributed by atoms with van der Waals surface area (Å²) in [6, 6.07) is 6.92. The number of likely N-dealkylation sites (N-methyl/N-ethyl adjacent to an activating group) is 1. The molecule has 4 rings (SSSR count). The topological polar surface area (TPSA) is 174 Å². The van der Waals surface area contributed by atoms with Gasteiger partial charge in [-0.05, 0) is 106 Å². The number of fused-ring (bicyclic) bond motifs is 1. The maximum Gasteiger partial charge on any atom is 0.435 e. The third-order valence-electron chi connectivity index (χ3n) is 7.65. The van der Waals surface area contributed by atoms with E-state index >= 15 is 0 Å². The molecular formula is C39H52N6O9. The molecule has 0 bridgehead atoms. The smallest absolute Gasteiger partial charge is 0.435 e. The van der Waals surface area contributed by atoms with Crippen molar-refractivity contribution in [1.29, 1.82) is 0 Å². The van der Waals surface area contributed by atoms with Crippen LogP contribution in [0.3, 0.4) is 0 Å². The molecule has 0 aliphatic carbocycles. The summed E-state index contributed by atoms with van der Waals surface area (Å²) in [6.45, 7) is 19.4. The van der Waals surface area contributed by atoms with Crippen LogP contribution in [0.1, 0.15) is 102 Å². The minimum absolute atomic E-state index is 0.0389. The molecule has 0 unspecified atom stereocenters. The number of H-pyrrole nitrogens is 1. The van der Waals surface area contributed by atoms with Crippen LogP contribution < -0.4 is 5.32 Å². The van der Waals surface area contributed by atoms with E-state index in [-0.39, 0.29) is 32.1 Å². The van der Waals surface area contributed by atoms with E-state index in [1.165, 1.54) is 16.0 Å². The summed E-state index contributed by atoms with van der Waals surface area (Å²) in [4.78, 5) is 71.6. The van der Waals surface area contributed by atoms with Crippen LogP contribution in [0, 0.1) is 6.92 Å². The Morgan fingerprint density at radius 1 is 0.870 bits per heavy atom. The van der Waals surface area contributed by atoms with Gasteiger partial charge >= 0.3 is 24.2 Å². The third-order valence-corrected chi connectivity index (χ3v) is 7.65. The highest BCUT2D eigenvalue weighted by Crippen LogP contribution is 2.38. The number of hydrogen-bond donors (Lipinski definition) is 2. The lowest BCUT2D eigenvalue weighted by molar-refractivity contribution is -0.110. The normalized spacial score (nSPS) is 13.6. The molecular weight excluding hydrogens is 696 g/mol. The van der Waals surface area contributed by atoms with Crippen molar-refractivity contribution in [2.45, 2.75) is 99.5 Å². The summed E-state index contributed by atoms with van der Waals surface area (Å²) in [5.74, 6) is -0.897. The van der Waals surface area contributed by atoms with E-state index in [1.807, 2.05) is 0 Å².